The molecular weight excluding hydrogens is 366 g/mol. The lowest BCUT2D eigenvalue weighted by Crippen LogP contribution is -2.52. The molecule has 0 bridgehead atoms. The van der Waals surface area contributed by atoms with E-state index >= 15 is 0 Å². The zero-order valence-electron chi connectivity index (χ0n) is 17.4. The average Bonchev–Trinajstić information content (AvgIpc) is 3.54. The molecule has 1 unspecified atom stereocenters. The van der Waals surface area contributed by atoms with Crippen LogP contribution in [0.3, 0.4) is 0 Å². The Morgan fingerprint density at radius 3 is 2.55 bits per heavy atom. The molecule has 2 heterocycles. The number of amides is 2. The highest BCUT2D eigenvalue weighted by Gasteiger charge is 2.31. The lowest BCUT2D eigenvalue weighted by atomic mass is 9.95. The van der Waals surface area contributed by atoms with Gasteiger partial charge in [0.1, 0.15) is 6.61 Å². The van der Waals surface area contributed by atoms with Crippen molar-refractivity contribution in [3.63, 3.8) is 0 Å². The summed E-state index contributed by atoms with van der Waals surface area (Å²) in [6, 6.07) is 7.56. The summed E-state index contributed by atoms with van der Waals surface area (Å²) in [5.74, 6) is 1.52. The van der Waals surface area contributed by atoms with Gasteiger partial charge in [-0.25, -0.2) is 0 Å². The summed E-state index contributed by atoms with van der Waals surface area (Å²) in [6.45, 7) is 7.46. The molecule has 0 radical (unpaired) electrons. The summed E-state index contributed by atoms with van der Waals surface area (Å²) < 4.78 is 5.68. The molecule has 1 N–H and O–H groups in total. The Morgan fingerprint density at radius 1 is 1.10 bits per heavy atom. The molecule has 1 aromatic carbocycles. The number of piperidine rings is 1. The second-order valence-corrected chi connectivity index (χ2v) is 8.94. The zero-order chi connectivity index (χ0) is 20.2. The van der Waals surface area contributed by atoms with E-state index in [1.165, 1.54) is 32.2 Å². The van der Waals surface area contributed by atoms with Gasteiger partial charge in [0.05, 0.1) is 6.10 Å². The van der Waals surface area contributed by atoms with Crippen LogP contribution in [0.1, 0.15) is 41.6 Å². The molecule has 6 heteroatoms. The normalized spacial score (nSPS) is 24.0. The molecule has 4 rings (SSSR count). The Kier molecular flexibility index (Phi) is 6.50. The number of carbonyl (C=O) groups is 2. The molecule has 158 valence electrons. The van der Waals surface area contributed by atoms with E-state index in [-0.39, 0.29) is 24.5 Å². The highest BCUT2D eigenvalue weighted by atomic mass is 16.5. The van der Waals surface area contributed by atoms with Gasteiger partial charge in [-0.05, 0) is 69.2 Å². The molecule has 1 aromatic rings. The number of aryl methyl sites for hydroxylation is 1. The minimum Gasteiger partial charge on any atom is -0.365 e. The van der Waals surface area contributed by atoms with Gasteiger partial charge in [0.15, 0.2) is 0 Å². The first-order valence-corrected chi connectivity index (χ1v) is 11.0. The Balaban J connectivity index is 1.22. The molecule has 3 fully saturated rings. The zero-order valence-corrected chi connectivity index (χ0v) is 17.4. The van der Waals surface area contributed by atoms with E-state index in [1.54, 1.807) is 0 Å². The third-order valence-corrected chi connectivity index (χ3v) is 6.50. The van der Waals surface area contributed by atoms with Crippen molar-refractivity contribution in [2.45, 2.75) is 38.7 Å². The average molecular weight is 400 g/mol. The Morgan fingerprint density at radius 2 is 1.83 bits per heavy atom. The largest absolute Gasteiger partial charge is 0.365 e. The quantitative estimate of drug-likeness (QED) is 0.763. The van der Waals surface area contributed by atoms with Gasteiger partial charge in [-0.3, -0.25) is 9.59 Å². The van der Waals surface area contributed by atoms with E-state index in [9.17, 15) is 9.59 Å². The third-order valence-electron chi connectivity index (χ3n) is 6.50. The maximum Gasteiger partial charge on any atom is 0.251 e. The number of morpholine rings is 1. The lowest BCUT2D eigenvalue weighted by molar-refractivity contribution is -0.149. The monoisotopic (exact) mass is 399 g/mol. The van der Waals surface area contributed by atoms with Gasteiger partial charge in [-0.15, -0.1) is 0 Å². The maximum atomic E-state index is 12.4. The van der Waals surface area contributed by atoms with Crippen molar-refractivity contribution < 1.29 is 14.3 Å². The number of likely N-dealkylation sites (tertiary alicyclic amines) is 1. The Labute approximate surface area is 173 Å². The number of hydrogen-bond donors (Lipinski definition) is 1. The topological polar surface area (TPSA) is 61.9 Å². The Bertz CT molecular complexity index is 726. The number of ether oxygens (including phenoxy) is 1. The highest BCUT2D eigenvalue weighted by molar-refractivity contribution is 5.95. The second-order valence-electron chi connectivity index (χ2n) is 8.94. The third kappa shape index (κ3) is 5.58. The molecule has 1 atom stereocenters. The van der Waals surface area contributed by atoms with Crippen LogP contribution >= 0.6 is 0 Å². The number of rotatable bonds is 7. The highest BCUT2D eigenvalue weighted by Crippen LogP contribution is 2.31. The van der Waals surface area contributed by atoms with Crippen molar-refractivity contribution in [1.29, 1.82) is 0 Å². The van der Waals surface area contributed by atoms with Crippen LogP contribution in [-0.2, 0) is 9.53 Å². The van der Waals surface area contributed by atoms with Crippen molar-refractivity contribution in [1.82, 2.24) is 15.1 Å². The maximum absolute atomic E-state index is 12.4. The molecule has 1 saturated carbocycles. The summed E-state index contributed by atoms with van der Waals surface area (Å²) in [4.78, 5) is 29.3. The van der Waals surface area contributed by atoms with Crippen LogP contribution in [0.5, 0.6) is 0 Å². The fraction of sp³-hybridized carbons (Fsp3) is 0.652. The van der Waals surface area contributed by atoms with Crippen LogP contribution in [0.25, 0.3) is 0 Å². The van der Waals surface area contributed by atoms with Gasteiger partial charge in [0.25, 0.3) is 5.91 Å². The number of nitrogens with zero attached hydrogens (tertiary/aromatic N) is 2. The van der Waals surface area contributed by atoms with E-state index in [0.717, 1.165) is 31.1 Å². The van der Waals surface area contributed by atoms with Gasteiger partial charge in [-0.1, -0.05) is 18.2 Å². The molecule has 3 aliphatic rings. The summed E-state index contributed by atoms with van der Waals surface area (Å²) in [5.41, 5.74) is 1.65. The first-order valence-electron chi connectivity index (χ1n) is 11.0. The van der Waals surface area contributed by atoms with Crippen LogP contribution in [-0.4, -0.2) is 73.6 Å². The van der Waals surface area contributed by atoms with E-state index < -0.39 is 0 Å². The van der Waals surface area contributed by atoms with Crippen LogP contribution in [0.15, 0.2) is 24.3 Å². The minimum absolute atomic E-state index is 0.0758. The number of hydrogen-bond acceptors (Lipinski definition) is 4. The van der Waals surface area contributed by atoms with Crippen LogP contribution in [0, 0.1) is 18.8 Å². The van der Waals surface area contributed by atoms with E-state index in [4.69, 9.17) is 4.74 Å². The van der Waals surface area contributed by atoms with E-state index in [0.29, 0.717) is 24.6 Å². The predicted molar refractivity (Wildman–Crippen MR) is 112 cm³/mol. The van der Waals surface area contributed by atoms with Gasteiger partial charge in [0, 0.05) is 31.7 Å². The summed E-state index contributed by atoms with van der Waals surface area (Å²) >= 11 is 0. The van der Waals surface area contributed by atoms with Gasteiger partial charge in [-0.2, -0.15) is 0 Å². The minimum atomic E-state index is -0.143. The molecule has 0 spiro atoms. The Hall–Kier alpha value is -1.92. The van der Waals surface area contributed by atoms with Crippen LogP contribution in [0.2, 0.25) is 0 Å². The van der Waals surface area contributed by atoms with Gasteiger partial charge in [0.2, 0.25) is 5.91 Å². The smallest absolute Gasteiger partial charge is 0.251 e. The van der Waals surface area contributed by atoms with Crippen molar-refractivity contribution in [2.24, 2.45) is 11.8 Å². The molecular formula is C23H33N3O3. The molecule has 2 amide bonds. The van der Waals surface area contributed by atoms with Gasteiger partial charge >= 0.3 is 0 Å². The van der Waals surface area contributed by atoms with Crippen molar-refractivity contribution in [3.05, 3.63) is 35.4 Å². The van der Waals surface area contributed by atoms with Crippen LogP contribution < -0.4 is 5.32 Å². The predicted octanol–water partition coefficient (Wildman–Crippen LogP) is 2.07. The van der Waals surface area contributed by atoms with Crippen molar-refractivity contribution in [2.75, 3.05) is 45.9 Å². The number of carbonyl (C=O) groups excluding carboxylic acids is 2. The summed E-state index contributed by atoms with van der Waals surface area (Å²) in [5, 5.41) is 2.97. The molecule has 1 aliphatic carbocycles. The van der Waals surface area contributed by atoms with Crippen LogP contribution in [0.4, 0.5) is 0 Å². The first kappa shape index (κ1) is 20.4. The van der Waals surface area contributed by atoms with E-state index in [1.807, 2.05) is 36.1 Å². The molecule has 6 nitrogen and oxygen atoms in total. The molecule has 2 aliphatic heterocycles. The SMILES string of the molecule is Cc1ccccc1C(=O)NCC1CN(CC2CCN(CC3CC3)CC2)C(=O)CO1. The first-order chi connectivity index (χ1) is 14.1. The number of nitrogens with one attached hydrogen (secondary N) is 1. The van der Waals surface area contributed by atoms with E-state index in [2.05, 4.69) is 10.2 Å². The molecule has 0 aromatic heterocycles. The standard InChI is InChI=1S/C23H33N3O3/c1-17-4-2-3-5-21(17)23(28)24-12-20-15-26(22(27)16-29-20)14-19-8-10-25(11-9-19)13-18-6-7-18/h2-5,18-20H,6-16H2,1H3,(H,24,28). The van der Waals surface area contributed by atoms with Crippen molar-refractivity contribution in [3.8, 4) is 0 Å². The fourth-order valence-electron chi connectivity index (χ4n) is 4.44. The van der Waals surface area contributed by atoms with Gasteiger partial charge < -0.3 is 19.9 Å². The number of benzene rings is 1. The lowest BCUT2D eigenvalue weighted by Gasteiger charge is -2.38. The molecule has 29 heavy (non-hydrogen) atoms. The second kappa shape index (κ2) is 9.26. The summed E-state index contributed by atoms with van der Waals surface area (Å²) in [7, 11) is 0. The van der Waals surface area contributed by atoms with Crippen molar-refractivity contribution >= 4 is 11.8 Å². The molecule has 2 saturated heterocycles. The summed E-state index contributed by atoms with van der Waals surface area (Å²) in [6.07, 6.45) is 5.02. The fourth-order valence-corrected chi connectivity index (χ4v) is 4.44.